The van der Waals surface area contributed by atoms with Crippen molar-refractivity contribution in [3.63, 3.8) is 0 Å². The molecule has 0 atom stereocenters. The molecule has 0 fully saturated rings. The number of nitrogens with zero attached hydrogens (tertiary/aromatic N) is 2. The average Bonchev–Trinajstić information content (AvgIpc) is 3.09. The molecule has 0 saturated heterocycles. The lowest BCUT2D eigenvalue weighted by atomic mass is 10.2. The number of aromatic nitrogens is 1. The highest BCUT2D eigenvalue weighted by atomic mass is 32.2. The molecule has 3 aromatic rings. The molecule has 2 aromatic carbocycles. The van der Waals surface area contributed by atoms with E-state index in [4.69, 9.17) is 15.9 Å². The normalized spacial score (nSPS) is 11.8. The minimum Gasteiger partial charge on any atom is -0.497 e. The summed E-state index contributed by atoms with van der Waals surface area (Å²) >= 11 is 1.13. The van der Waals surface area contributed by atoms with Crippen molar-refractivity contribution in [2.75, 3.05) is 19.5 Å². The van der Waals surface area contributed by atoms with Crippen LogP contribution in [-0.4, -0.2) is 44.3 Å². The summed E-state index contributed by atoms with van der Waals surface area (Å²) in [5, 5.41) is 0. The fourth-order valence-corrected chi connectivity index (χ4v) is 5.10. The van der Waals surface area contributed by atoms with Gasteiger partial charge in [0.1, 0.15) is 11.5 Å². The molecule has 0 radical (unpaired) electrons. The Morgan fingerprint density at radius 3 is 2.53 bits per heavy atom. The Balaban J connectivity index is 1.96. The van der Waals surface area contributed by atoms with Gasteiger partial charge in [-0.05, 0) is 49.4 Å². The smallest absolute Gasteiger partial charge is 0.338 e. The van der Waals surface area contributed by atoms with Gasteiger partial charge < -0.3 is 14.0 Å². The van der Waals surface area contributed by atoms with Crippen LogP contribution in [0.25, 0.3) is 10.2 Å². The zero-order valence-corrected chi connectivity index (χ0v) is 19.0. The Morgan fingerprint density at radius 2 is 1.91 bits per heavy atom. The Labute approximate surface area is 189 Å². The number of fused-ring (bicyclic) bond motifs is 1. The summed E-state index contributed by atoms with van der Waals surface area (Å²) in [4.78, 5) is 28.8. The molecular weight excluding hydrogens is 452 g/mol. The second-order valence-electron chi connectivity index (χ2n) is 6.52. The standard InChI is InChI=1S/C22H20N2O6S2/c1-4-12-24-18-11-6-15(21(26)30-5-2)13-19(18)31-22(24)23-20(25)14-32(27,28)17-9-7-16(29-3)8-10-17/h1,6-11,13H,5,12,14H2,2-3H3. The number of ether oxygens (including phenoxy) is 2. The Morgan fingerprint density at radius 1 is 1.19 bits per heavy atom. The second-order valence-corrected chi connectivity index (χ2v) is 9.52. The lowest BCUT2D eigenvalue weighted by molar-refractivity contribution is -0.115. The highest BCUT2D eigenvalue weighted by Gasteiger charge is 2.20. The molecule has 0 aliphatic carbocycles. The van der Waals surface area contributed by atoms with E-state index >= 15 is 0 Å². The van der Waals surface area contributed by atoms with E-state index in [1.54, 1.807) is 29.7 Å². The van der Waals surface area contributed by atoms with E-state index in [2.05, 4.69) is 10.9 Å². The van der Waals surface area contributed by atoms with Crippen molar-refractivity contribution >= 4 is 43.3 Å². The topological polar surface area (TPSA) is 104 Å². The summed E-state index contributed by atoms with van der Waals surface area (Å²) < 4.78 is 37.5. The van der Waals surface area contributed by atoms with Crippen LogP contribution in [0.4, 0.5) is 0 Å². The highest BCUT2D eigenvalue weighted by molar-refractivity contribution is 7.92. The molecule has 1 aromatic heterocycles. The maximum Gasteiger partial charge on any atom is 0.338 e. The van der Waals surface area contributed by atoms with Gasteiger partial charge in [-0.25, -0.2) is 13.2 Å². The molecule has 32 heavy (non-hydrogen) atoms. The molecule has 1 amide bonds. The molecule has 0 saturated carbocycles. The van der Waals surface area contributed by atoms with Crippen LogP contribution in [0.5, 0.6) is 5.75 Å². The van der Waals surface area contributed by atoms with Crippen LogP contribution >= 0.6 is 11.3 Å². The van der Waals surface area contributed by atoms with Gasteiger partial charge in [-0.1, -0.05) is 17.3 Å². The first-order chi connectivity index (χ1) is 15.3. The van der Waals surface area contributed by atoms with E-state index in [-0.39, 0.29) is 22.8 Å². The Hall–Kier alpha value is -3.42. The third kappa shape index (κ3) is 5.07. The van der Waals surface area contributed by atoms with Gasteiger partial charge in [0.2, 0.25) is 0 Å². The van der Waals surface area contributed by atoms with Crippen LogP contribution in [0.3, 0.4) is 0 Å². The molecule has 3 rings (SSSR count). The fourth-order valence-electron chi connectivity index (χ4n) is 2.91. The zero-order valence-electron chi connectivity index (χ0n) is 17.4. The van der Waals surface area contributed by atoms with E-state index in [9.17, 15) is 18.0 Å². The van der Waals surface area contributed by atoms with Crippen LogP contribution < -0.4 is 9.54 Å². The maximum atomic E-state index is 12.6. The minimum absolute atomic E-state index is 0.00577. The number of terminal acetylenes is 1. The minimum atomic E-state index is -3.89. The molecule has 8 nitrogen and oxygen atoms in total. The van der Waals surface area contributed by atoms with Crippen LogP contribution in [0.2, 0.25) is 0 Å². The van der Waals surface area contributed by atoms with E-state index in [1.165, 1.54) is 31.4 Å². The van der Waals surface area contributed by atoms with Crippen molar-refractivity contribution in [3.8, 4) is 18.1 Å². The predicted molar refractivity (Wildman–Crippen MR) is 120 cm³/mol. The Bertz CT molecular complexity index is 1380. The molecule has 0 N–H and O–H groups in total. The Kier molecular flexibility index (Phi) is 7.12. The molecule has 0 spiro atoms. The monoisotopic (exact) mass is 472 g/mol. The number of sulfone groups is 1. The fraction of sp³-hybridized carbons (Fsp3) is 0.227. The van der Waals surface area contributed by atoms with Crippen LogP contribution in [0.15, 0.2) is 52.4 Å². The van der Waals surface area contributed by atoms with Crippen molar-refractivity contribution < 1.29 is 27.5 Å². The van der Waals surface area contributed by atoms with Crippen molar-refractivity contribution in [1.29, 1.82) is 0 Å². The summed E-state index contributed by atoms with van der Waals surface area (Å²) in [7, 11) is -2.42. The van der Waals surface area contributed by atoms with Gasteiger partial charge in [-0.3, -0.25) is 4.79 Å². The quantitative estimate of drug-likeness (QED) is 0.386. The van der Waals surface area contributed by atoms with Crippen molar-refractivity contribution in [1.82, 2.24) is 4.57 Å². The van der Waals surface area contributed by atoms with E-state index in [1.807, 2.05) is 0 Å². The summed E-state index contributed by atoms with van der Waals surface area (Å²) in [6, 6.07) is 10.7. The van der Waals surface area contributed by atoms with E-state index < -0.39 is 27.5 Å². The lowest BCUT2D eigenvalue weighted by Gasteiger charge is -2.04. The number of esters is 1. The van der Waals surface area contributed by atoms with Crippen molar-refractivity contribution in [2.24, 2.45) is 4.99 Å². The number of amides is 1. The number of hydrogen-bond donors (Lipinski definition) is 0. The number of thiazole rings is 1. The number of hydrogen-bond acceptors (Lipinski definition) is 7. The van der Waals surface area contributed by atoms with Gasteiger partial charge >= 0.3 is 5.97 Å². The van der Waals surface area contributed by atoms with Crippen molar-refractivity contribution in [3.05, 3.63) is 52.8 Å². The van der Waals surface area contributed by atoms with Crippen LogP contribution in [-0.2, 0) is 25.9 Å². The van der Waals surface area contributed by atoms with Crippen LogP contribution in [0.1, 0.15) is 17.3 Å². The van der Waals surface area contributed by atoms with E-state index in [0.717, 1.165) is 11.3 Å². The molecular formula is C22H20N2O6S2. The molecule has 166 valence electrons. The second kappa shape index (κ2) is 9.80. The largest absolute Gasteiger partial charge is 0.497 e. The number of methoxy groups -OCH3 is 1. The first kappa shape index (κ1) is 23.2. The molecule has 0 aliphatic rings. The molecule has 0 unspecified atom stereocenters. The summed E-state index contributed by atoms with van der Waals surface area (Å²) in [5.41, 5.74) is 1.03. The number of carbonyl (C=O) groups is 2. The molecule has 0 aliphatic heterocycles. The maximum absolute atomic E-state index is 12.6. The van der Waals surface area contributed by atoms with Gasteiger partial charge in [-0.2, -0.15) is 4.99 Å². The first-order valence-corrected chi connectivity index (χ1v) is 11.9. The highest BCUT2D eigenvalue weighted by Crippen LogP contribution is 2.20. The van der Waals surface area contributed by atoms with Crippen molar-refractivity contribution in [2.45, 2.75) is 18.4 Å². The number of rotatable bonds is 7. The third-order valence-electron chi connectivity index (χ3n) is 4.40. The summed E-state index contributed by atoms with van der Waals surface area (Å²) in [5.74, 6) is 0.908. The van der Waals surface area contributed by atoms with Gasteiger partial charge in [0.15, 0.2) is 14.6 Å². The van der Waals surface area contributed by atoms with Crippen LogP contribution in [0, 0.1) is 12.3 Å². The zero-order chi connectivity index (χ0) is 23.3. The lowest BCUT2D eigenvalue weighted by Crippen LogP contribution is -2.20. The van der Waals surface area contributed by atoms with Gasteiger partial charge in [0.05, 0.1) is 40.9 Å². The SMILES string of the molecule is C#CCn1c(=NC(=O)CS(=O)(=O)c2ccc(OC)cc2)sc2cc(C(=O)OCC)ccc21. The molecule has 10 heteroatoms. The number of carbonyl (C=O) groups excluding carboxylic acids is 2. The molecule has 1 heterocycles. The molecule has 0 bridgehead atoms. The number of benzene rings is 2. The predicted octanol–water partition coefficient (Wildman–Crippen LogP) is 2.42. The van der Waals surface area contributed by atoms with Gasteiger partial charge in [-0.15, -0.1) is 6.42 Å². The summed E-state index contributed by atoms with van der Waals surface area (Å²) in [6.45, 7) is 2.08. The van der Waals surface area contributed by atoms with Gasteiger partial charge in [0, 0.05) is 0 Å². The van der Waals surface area contributed by atoms with Gasteiger partial charge in [0.25, 0.3) is 5.91 Å². The first-order valence-electron chi connectivity index (χ1n) is 9.47. The third-order valence-corrected chi connectivity index (χ3v) is 7.05. The van der Waals surface area contributed by atoms with E-state index in [0.29, 0.717) is 21.5 Å². The average molecular weight is 473 g/mol. The summed E-state index contributed by atoms with van der Waals surface area (Å²) in [6.07, 6.45) is 5.46.